The summed E-state index contributed by atoms with van der Waals surface area (Å²) in [6, 6.07) is 26.1. The highest BCUT2D eigenvalue weighted by Gasteiger charge is 2.17. The number of nitrogens with zero attached hydrogens (tertiary/aromatic N) is 4. The van der Waals surface area contributed by atoms with Crippen molar-refractivity contribution in [3.63, 3.8) is 0 Å². The maximum atomic E-state index is 13.0. The van der Waals surface area contributed by atoms with Crippen molar-refractivity contribution in [1.82, 2.24) is 14.6 Å². The molecule has 9 nitrogen and oxygen atoms in total. The lowest BCUT2D eigenvalue weighted by molar-refractivity contribution is -0.384. The second-order valence-corrected chi connectivity index (χ2v) is 7.79. The summed E-state index contributed by atoms with van der Waals surface area (Å²) in [5, 5.41) is 18.5. The van der Waals surface area contributed by atoms with Crippen molar-refractivity contribution in [2.45, 2.75) is 6.92 Å². The Morgan fingerprint density at radius 3 is 2.37 bits per heavy atom. The van der Waals surface area contributed by atoms with Crippen molar-refractivity contribution in [3.05, 3.63) is 112 Å². The van der Waals surface area contributed by atoms with Gasteiger partial charge in [-0.2, -0.15) is 5.10 Å². The Morgan fingerprint density at radius 2 is 1.66 bits per heavy atom. The summed E-state index contributed by atoms with van der Waals surface area (Å²) in [5.74, 6) is 0.212. The van der Waals surface area contributed by atoms with E-state index in [0.717, 1.165) is 17.0 Å². The van der Waals surface area contributed by atoms with Crippen LogP contribution in [0.2, 0.25) is 0 Å². The summed E-state index contributed by atoms with van der Waals surface area (Å²) in [7, 11) is 0. The fourth-order valence-electron chi connectivity index (χ4n) is 3.63. The molecule has 5 rings (SSSR count). The van der Waals surface area contributed by atoms with Crippen LogP contribution in [0.3, 0.4) is 0 Å². The van der Waals surface area contributed by atoms with Crippen LogP contribution in [0.5, 0.6) is 11.5 Å². The number of nitro groups is 1. The maximum Gasteiger partial charge on any atom is 0.276 e. The van der Waals surface area contributed by atoms with Gasteiger partial charge >= 0.3 is 0 Å². The first kappa shape index (κ1) is 21.8. The van der Waals surface area contributed by atoms with E-state index in [1.54, 1.807) is 34.8 Å². The van der Waals surface area contributed by atoms with Crippen molar-refractivity contribution in [2.75, 3.05) is 5.32 Å². The molecule has 35 heavy (non-hydrogen) atoms. The predicted molar refractivity (Wildman–Crippen MR) is 131 cm³/mol. The highest BCUT2D eigenvalue weighted by atomic mass is 16.6. The van der Waals surface area contributed by atoms with E-state index < -0.39 is 10.8 Å². The second-order valence-electron chi connectivity index (χ2n) is 7.79. The Labute approximate surface area is 199 Å². The van der Waals surface area contributed by atoms with E-state index in [9.17, 15) is 14.9 Å². The molecule has 9 heteroatoms. The molecule has 0 radical (unpaired) electrons. The number of hydrogen-bond acceptors (Lipinski definition) is 6. The number of nitro benzene ring substituents is 1. The first-order valence-electron chi connectivity index (χ1n) is 10.7. The number of para-hydroxylation sites is 1. The van der Waals surface area contributed by atoms with Crippen LogP contribution in [0.15, 0.2) is 91.0 Å². The number of ether oxygens (including phenoxy) is 1. The Kier molecular flexibility index (Phi) is 5.64. The number of aromatic nitrogens is 3. The van der Waals surface area contributed by atoms with E-state index in [4.69, 9.17) is 4.74 Å². The van der Waals surface area contributed by atoms with Crippen LogP contribution in [-0.4, -0.2) is 25.4 Å². The van der Waals surface area contributed by atoms with Crippen LogP contribution in [0.4, 0.5) is 11.4 Å². The lowest BCUT2D eigenvalue weighted by atomic mass is 10.1. The molecule has 0 aliphatic rings. The third kappa shape index (κ3) is 4.69. The van der Waals surface area contributed by atoms with Gasteiger partial charge in [-0.05, 0) is 25.1 Å². The smallest absolute Gasteiger partial charge is 0.276 e. The van der Waals surface area contributed by atoms with Crippen LogP contribution >= 0.6 is 0 Å². The molecule has 0 bridgehead atoms. The van der Waals surface area contributed by atoms with Gasteiger partial charge in [0.05, 0.1) is 22.4 Å². The number of rotatable bonds is 6. The van der Waals surface area contributed by atoms with Gasteiger partial charge in [0.15, 0.2) is 11.3 Å². The lowest BCUT2D eigenvalue weighted by Crippen LogP contribution is -2.13. The Bertz CT molecular complexity index is 1550. The number of non-ortho nitro benzene ring substituents is 1. The molecule has 1 amide bonds. The average molecular weight is 465 g/mol. The molecular weight excluding hydrogens is 446 g/mol. The number of hydrogen-bond donors (Lipinski definition) is 1. The fraction of sp³-hybridized carbons (Fsp3) is 0.0385. The van der Waals surface area contributed by atoms with Gasteiger partial charge in [-0.3, -0.25) is 14.9 Å². The molecule has 0 atom stereocenters. The van der Waals surface area contributed by atoms with Gasteiger partial charge < -0.3 is 10.1 Å². The number of fused-ring (bicyclic) bond motifs is 1. The minimum Gasteiger partial charge on any atom is -0.457 e. The molecule has 0 unspecified atom stereocenters. The molecule has 1 N–H and O–H groups in total. The van der Waals surface area contributed by atoms with Crippen LogP contribution in [-0.2, 0) is 0 Å². The van der Waals surface area contributed by atoms with Crippen LogP contribution in [0, 0.1) is 17.0 Å². The summed E-state index contributed by atoms with van der Waals surface area (Å²) in [6.45, 7) is 1.88. The SMILES string of the molecule is Cc1cc(-c2ccccc2)nc2cc(C(=O)Nc3cc(Oc4ccccc4)cc([N+](=O)[O-])c3)nn12. The number of aryl methyl sites for hydroxylation is 1. The minimum atomic E-state index is -0.545. The highest BCUT2D eigenvalue weighted by Crippen LogP contribution is 2.30. The Balaban J connectivity index is 1.44. The molecule has 0 saturated heterocycles. The van der Waals surface area contributed by atoms with Gasteiger partial charge in [0.1, 0.15) is 11.5 Å². The number of nitrogens with one attached hydrogen (secondary N) is 1. The van der Waals surface area contributed by atoms with E-state index >= 15 is 0 Å². The molecule has 2 aromatic heterocycles. The largest absolute Gasteiger partial charge is 0.457 e. The minimum absolute atomic E-state index is 0.128. The first-order valence-corrected chi connectivity index (χ1v) is 10.7. The van der Waals surface area contributed by atoms with E-state index in [1.807, 2.05) is 49.4 Å². The van der Waals surface area contributed by atoms with Crippen LogP contribution < -0.4 is 10.1 Å². The molecule has 5 aromatic rings. The third-order valence-electron chi connectivity index (χ3n) is 5.25. The molecule has 3 aromatic carbocycles. The molecule has 2 heterocycles. The molecular formula is C26H19N5O4. The number of amides is 1. The third-order valence-corrected chi connectivity index (χ3v) is 5.25. The van der Waals surface area contributed by atoms with Gasteiger partial charge in [-0.15, -0.1) is 0 Å². The Morgan fingerprint density at radius 1 is 0.943 bits per heavy atom. The molecule has 172 valence electrons. The van der Waals surface area contributed by atoms with Gasteiger partial charge in [-0.25, -0.2) is 9.50 Å². The fourth-order valence-corrected chi connectivity index (χ4v) is 3.63. The standard InChI is InChI=1S/C26H19N5O4/c1-17-12-23(18-8-4-2-5-9-18)28-25-16-24(29-30(17)25)26(32)27-19-13-20(31(33)34)15-22(14-19)35-21-10-6-3-7-11-21/h2-16H,1H3,(H,27,32). The zero-order valence-electron chi connectivity index (χ0n) is 18.6. The molecule has 0 saturated carbocycles. The molecule has 0 spiro atoms. The van der Waals surface area contributed by atoms with Gasteiger partial charge in [0.25, 0.3) is 11.6 Å². The topological polar surface area (TPSA) is 112 Å². The summed E-state index contributed by atoms with van der Waals surface area (Å²) in [4.78, 5) is 28.5. The molecule has 0 fully saturated rings. The molecule has 0 aliphatic heterocycles. The zero-order chi connectivity index (χ0) is 24.4. The van der Waals surface area contributed by atoms with E-state index in [-0.39, 0.29) is 22.8 Å². The Hall–Kier alpha value is -5.05. The normalized spacial score (nSPS) is 10.8. The predicted octanol–water partition coefficient (Wildman–Crippen LogP) is 5.66. The second kappa shape index (κ2) is 9.06. The number of carbonyl (C=O) groups excluding carboxylic acids is 1. The van der Waals surface area contributed by atoms with Gasteiger partial charge in [0.2, 0.25) is 0 Å². The van der Waals surface area contributed by atoms with Crippen LogP contribution in [0.25, 0.3) is 16.9 Å². The van der Waals surface area contributed by atoms with Crippen molar-refractivity contribution >= 4 is 22.9 Å². The summed E-state index contributed by atoms with van der Waals surface area (Å²) < 4.78 is 7.31. The van der Waals surface area contributed by atoms with E-state index in [2.05, 4.69) is 15.4 Å². The van der Waals surface area contributed by atoms with Crippen molar-refractivity contribution in [1.29, 1.82) is 0 Å². The van der Waals surface area contributed by atoms with Crippen LogP contribution in [0.1, 0.15) is 16.2 Å². The highest BCUT2D eigenvalue weighted by molar-refractivity contribution is 6.03. The maximum absolute atomic E-state index is 13.0. The first-order chi connectivity index (χ1) is 17.0. The monoisotopic (exact) mass is 465 g/mol. The van der Waals surface area contributed by atoms with E-state index in [1.165, 1.54) is 18.2 Å². The summed E-state index contributed by atoms with van der Waals surface area (Å²) in [5.41, 5.74) is 3.16. The van der Waals surface area contributed by atoms with Gasteiger partial charge in [-0.1, -0.05) is 48.5 Å². The van der Waals surface area contributed by atoms with Gasteiger partial charge in [0, 0.05) is 29.5 Å². The van der Waals surface area contributed by atoms with Crippen molar-refractivity contribution < 1.29 is 14.5 Å². The number of benzene rings is 3. The quantitative estimate of drug-likeness (QED) is 0.256. The van der Waals surface area contributed by atoms with Crippen molar-refractivity contribution in [2.24, 2.45) is 0 Å². The van der Waals surface area contributed by atoms with Crippen molar-refractivity contribution in [3.8, 4) is 22.8 Å². The average Bonchev–Trinajstić information content (AvgIpc) is 3.30. The molecule has 0 aliphatic carbocycles. The van der Waals surface area contributed by atoms with E-state index in [0.29, 0.717) is 11.4 Å². The summed E-state index contributed by atoms with van der Waals surface area (Å²) >= 11 is 0. The zero-order valence-corrected chi connectivity index (χ0v) is 18.6. The number of anilines is 1. The lowest BCUT2D eigenvalue weighted by Gasteiger charge is -2.09. The number of carbonyl (C=O) groups is 1. The summed E-state index contributed by atoms with van der Waals surface area (Å²) in [6.07, 6.45) is 0.